The molecular weight excluding hydrogens is 213 g/mol. The first-order valence-corrected chi connectivity index (χ1v) is 5.93. The molecule has 0 aliphatic rings. The van der Waals surface area contributed by atoms with Crippen LogP contribution in [0.3, 0.4) is 0 Å². The van der Waals surface area contributed by atoms with E-state index in [0.29, 0.717) is 23.9 Å². The van der Waals surface area contributed by atoms with Crippen molar-refractivity contribution in [2.75, 3.05) is 19.0 Å². The molecule has 1 aromatic carbocycles. The van der Waals surface area contributed by atoms with E-state index in [2.05, 4.69) is 0 Å². The molecule has 0 spiro atoms. The van der Waals surface area contributed by atoms with Crippen molar-refractivity contribution in [3.8, 4) is 0 Å². The fourth-order valence-electron chi connectivity index (χ4n) is 1.08. The van der Waals surface area contributed by atoms with E-state index in [9.17, 15) is 4.39 Å². The zero-order valence-electron chi connectivity index (χ0n) is 8.78. The summed E-state index contributed by atoms with van der Waals surface area (Å²) < 4.78 is 18.4. The molecule has 0 saturated carbocycles. The Labute approximate surface area is 94.0 Å². The lowest BCUT2D eigenvalue weighted by Gasteiger charge is -2.10. The number of halogens is 1. The van der Waals surface area contributed by atoms with Gasteiger partial charge >= 0.3 is 0 Å². The lowest BCUT2D eigenvalue weighted by Crippen LogP contribution is -2.28. The van der Waals surface area contributed by atoms with Gasteiger partial charge in [0.1, 0.15) is 5.82 Å². The lowest BCUT2D eigenvalue weighted by molar-refractivity contribution is 0.138. The van der Waals surface area contributed by atoms with Crippen LogP contribution in [-0.2, 0) is 4.74 Å². The SMILES string of the molecule is CCOCC(N)CSc1ccccc1F. The van der Waals surface area contributed by atoms with Gasteiger partial charge in [-0.3, -0.25) is 0 Å². The number of benzene rings is 1. The van der Waals surface area contributed by atoms with Gasteiger partial charge in [-0.25, -0.2) is 4.39 Å². The van der Waals surface area contributed by atoms with Crippen LogP contribution in [0.5, 0.6) is 0 Å². The van der Waals surface area contributed by atoms with Crippen LogP contribution < -0.4 is 5.73 Å². The van der Waals surface area contributed by atoms with Gasteiger partial charge in [0.25, 0.3) is 0 Å². The molecule has 4 heteroatoms. The van der Waals surface area contributed by atoms with Gasteiger partial charge in [0, 0.05) is 23.3 Å². The van der Waals surface area contributed by atoms with Crippen molar-refractivity contribution in [2.45, 2.75) is 17.9 Å². The molecule has 2 nitrogen and oxygen atoms in total. The second kappa shape index (κ2) is 6.82. The van der Waals surface area contributed by atoms with Gasteiger partial charge in [0.05, 0.1) is 6.61 Å². The summed E-state index contributed by atoms with van der Waals surface area (Å²) in [6, 6.07) is 6.66. The predicted molar refractivity (Wildman–Crippen MR) is 61.6 cm³/mol. The molecule has 0 fully saturated rings. The van der Waals surface area contributed by atoms with Crippen molar-refractivity contribution < 1.29 is 9.13 Å². The Morgan fingerprint density at radius 3 is 2.87 bits per heavy atom. The summed E-state index contributed by atoms with van der Waals surface area (Å²) in [5.41, 5.74) is 5.79. The van der Waals surface area contributed by atoms with Gasteiger partial charge in [-0.1, -0.05) is 12.1 Å². The maximum atomic E-state index is 13.2. The fourth-order valence-corrected chi connectivity index (χ4v) is 1.95. The van der Waals surface area contributed by atoms with E-state index in [4.69, 9.17) is 10.5 Å². The van der Waals surface area contributed by atoms with Crippen molar-refractivity contribution in [1.82, 2.24) is 0 Å². The quantitative estimate of drug-likeness (QED) is 0.760. The van der Waals surface area contributed by atoms with Gasteiger partial charge < -0.3 is 10.5 Å². The van der Waals surface area contributed by atoms with Crippen molar-refractivity contribution in [3.05, 3.63) is 30.1 Å². The number of thioether (sulfide) groups is 1. The van der Waals surface area contributed by atoms with E-state index in [1.807, 2.05) is 13.0 Å². The molecule has 0 aromatic heterocycles. The van der Waals surface area contributed by atoms with Crippen LogP contribution >= 0.6 is 11.8 Å². The summed E-state index contributed by atoms with van der Waals surface area (Å²) in [4.78, 5) is 0.643. The predicted octanol–water partition coefficient (Wildman–Crippen LogP) is 2.28. The Morgan fingerprint density at radius 1 is 1.47 bits per heavy atom. The highest BCUT2D eigenvalue weighted by Gasteiger charge is 2.06. The highest BCUT2D eigenvalue weighted by atomic mass is 32.2. The molecule has 15 heavy (non-hydrogen) atoms. The third-order valence-corrected chi connectivity index (χ3v) is 3.06. The van der Waals surface area contributed by atoms with Crippen LogP contribution in [0.4, 0.5) is 4.39 Å². The fraction of sp³-hybridized carbons (Fsp3) is 0.455. The third kappa shape index (κ3) is 4.64. The second-order valence-corrected chi connectivity index (χ2v) is 4.22. The maximum absolute atomic E-state index is 13.2. The number of nitrogens with two attached hydrogens (primary N) is 1. The zero-order valence-corrected chi connectivity index (χ0v) is 9.60. The molecule has 1 unspecified atom stereocenters. The van der Waals surface area contributed by atoms with Gasteiger partial charge in [-0.2, -0.15) is 0 Å². The summed E-state index contributed by atoms with van der Waals surface area (Å²) in [5.74, 6) is 0.479. The largest absolute Gasteiger partial charge is 0.380 e. The summed E-state index contributed by atoms with van der Waals surface area (Å²) in [6.07, 6.45) is 0. The number of ether oxygens (including phenoxy) is 1. The molecule has 0 radical (unpaired) electrons. The molecule has 0 heterocycles. The van der Waals surface area contributed by atoms with Crippen molar-refractivity contribution in [1.29, 1.82) is 0 Å². The highest BCUT2D eigenvalue weighted by Crippen LogP contribution is 2.21. The minimum Gasteiger partial charge on any atom is -0.380 e. The first kappa shape index (κ1) is 12.5. The Kier molecular flexibility index (Phi) is 5.68. The highest BCUT2D eigenvalue weighted by molar-refractivity contribution is 7.99. The molecule has 0 saturated heterocycles. The Balaban J connectivity index is 2.33. The van der Waals surface area contributed by atoms with Gasteiger partial charge in [-0.05, 0) is 19.1 Å². The van der Waals surface area contributed by atoms with Crippen molar-refractivity contribution in [2.24, 2.45) is 5.73 Å². The van der Waals surface area contributed by atoms with Gasteiger partial charge in [0.15, 0.2) is 0 Å². The topological polar surface area (TPSA) is 35.2 Å². The monoisotopic (exact) mass is 229 g/mol. The molecule has 0 amide bonds. The van der Waals surface area contributed by atoms with Gasteiger partial charge in [-0.15, -0.1) is 11.8 Å². The van der Waals surface area contributed by atoms with Crippen LogP contribution in [-0.4, -0.2) is 25.0 Å². The first-order chi connectivity index (χ1) is 7.24. The molecule has 0 bridgehead atoms. The molecule has 84 valence electrons. The second-order valence-electron chi connectivity index (χ2n) is 3.16. The minimum absolute atomic E-state index is 0.0467. The molecule has 1 rings (SSSR count). The van der Waals surface area contributed by atoms with Crippen LogP contribution in [0.25, 0.3) is 0 Å². The van der Waals surface area contributed by atoms with E-state index in [1.54, 1.807) is 12.1 Å². The summed E-state index contributed by atoms with van der Waals surface area (Å²) in [5, 5.41) is 0. The zero-order chi connectivity index (χ0) is 11.1. The summed E-state index contributed by atoms with van der Waals surface area (Å²) >= 11 is 1.43. The van der Waals surface area contributed by atoms with Crippen LogP contribution in [0.1, 0.15) is 6.92 Å². The van der Waals surface area contributed by atoms with E-state index >= 15 is 0 Å². The number of hydrogen-bond acceptors (Lipinski definition) is 3. The van der Waals surface area contributed by atoms with E-state index in [0.717, 1.165) is 0 Å². The van der Waals surface area contributed by atoms with Crippen LogP contribution in [0.15, 0.2) is 29.2 Å². The van der Waals surface area contributed by atoms with Gasteiger partial charge in [0.2, 0.25) is 0 Å². The lowest BCUT2D eigenvalue weighted by atomic mass is 10.3. The normalized spacial score (nSPS) is 12.7. The average Bonchev–Trinajstić information content (AvgIpc) is 2.25. The van der Waals surface area contributed by atoms with Crippen molar-refractivity contribution >= 4 is 11.8 Å². The number of hydrogen-bond donors (Lipinski definition) is 1. The molecule has 0 aliphatic carbocycles. The first-order valence-electron chi connectivity index (χ1n) is 4.94. The summed E-state index contributed by atoms with van der Waals surface area (Å²) in [6.45, 7) is 3.12. The smallest absolute Gasteiger partial charge is 0.136 e. The average molecular weight is 229 g/mol. The minimum atomic E-state index is -0.189. The van der Waals surface area contributed by atoms with E-state index < -0.39 is 0 Å². The van der Waals surface area contributed by atoms with Crippen molar-refractivity contribution in [3.63, 3.8) is 0 Å². The molecule has 1 atom stereocenters. The van der Waals surface area contributed by atoms with E-state index in [-0.39, 0.29) is 11.9 Å². The number of rotatable bonds is 6. The molecule has 0 aliphatic heterocycles. The molecule has 1 aromatic rings. The Hall–Kier alpha value is -0.580. The Bertz CT molecular complexity index is 296. The van der Waals surface area contributed by atoms with Crippen LogP contribution in [0.2, 0.25) is 0 Å². The molecular formula is C11H16FNOS. The summed E-state index contributed by atoms with van der Waals surface area (Å²) in [7, 11) is 0. The Morgan fingerprint density at radius 2 is 2.20 bits per heavy atom. The van der Waals surface area contributed by atoms with E-state index in [1.165, 1.54) is 17.8 Å². The standard InChI is InChI=1S/C11H16FNOS/c1-2-14-7-9(13)8-15-11-6-4-3-5-10(11)12/h3-6,9H,2,7-8,13H2,1H3. The molecule has 2 N–H and O–H groups in total. The van der Waals surface area contributed by atoms with Crippen LogP contribution in [0, 0.1) is 5.82 Å². The third-order valence-electron chi connectivity index (χ3n) is 1.83. The maximum Gasteiger partial charge on any atom is 0.136 e.